The first-order chi connectivity index (χ1) is 11.6. The van der Waals surface area contributed by atoms with E-state index in [4.69, 9.17) is 4.74 Å². The molecule has 0 aliphatic carbocycles. The molecular formula is C17H22FN3O3. The zero-order chi connectivity index (χ0) is 16.9. The van der Waals surface area contributed by atoms with Crippen molar-refractivity contribution in [1.29, 1.82) is 0 Å². The van der Waals surface area contributed by atoms with Crippen LogP contribution in [0.2, 0.25) is 0 Å². The van der Waals surface area contributed by atoms with Crippen molar-refractivity contribution in [3.8, 4) is 0 Å². The van der Waals surface area contributed by atoms with Gasteiger partial charge in [0.25, 0.3) is 0 Å². The molecule has 1 unspecified atom stereocenters. The summed E-state index contributed by atoms with van der Waals surface area (Å²) in [5, 5.41) is 2.63. The summed E-state index contributed by atoms with van der Waals surface area (Å²) in [6.07, 6.45) is 2.05. The van der Waals surface area contributed by atoms with Crippen molar-refractivity contribution < 1.29 is 18.7 Å². The van der Waals surface area contributed by atoms with Gasteiger partial charge in [-0.15, -0.1) is 0 Å². The van der Waals surface area contributed by atoms with Crippen LogP contribution in [0.5, 0.6) is 0 Å². The smallest absolute Gasteiger partial charge is 0.324 e. The number of ether oxygens (including phenoxy) is 1. The molecule has 1 aromatic carbocycles. The average molecular weight is 335 g/mol. The molecule has 0 radical (unpaired) electrons. The van der Waals surface area contributed by atoms with Gasteiger partial charge in [-0.3, -0.25) is 14.6 Å². The van der Waals surface area contributed by atoms with E-state index in [2.05, 4.69) is 5.32 Å². The number of hydrogen-bond donors (Lipinski definition) is 1. The van der Waals surface area contributed by atoms with Crippen LogP contribution < -0.4 is 5.32 Å². The lowest BCUT2D eigenvalue weighted by atomic mass is 10.1. The van der Waals surface area contributed by atoms with Crippen LogP contribution in [0.1, 0.15) is 18.4 Å². The largest absolute Gasteiger partial charge is 0.377 e. The SMILES string of the molecule is O=C(CN(Cc1cccc(F)c1)CC1CCCO1)N1CCNC1=O. The molecule has 2 saturated heterocycles. The number of rotatable bonds is 6. The molecule has 2 fully saturated rings. The number of imide groups is 1. The number of amides is 3. The molecule has 3 rings (SSSR count). The number of nitrogens with zero attached hydrogens (tertiary/aromatic N) is 2. The molecule has 1 N–H and O–H groups in total. The number of benzene rings is 1. The fraction of sp³-hybridized carbons (Fsp3) is 0.529. The van der Waals surface area contributed by atoms with Crippen molar-refractivity contribution in [1.82, 2.24) is 15.1 Å². The van der Waals surface area contributed by atoms with Crippen LogP contribution in [-0.2, 0) is 16.1 Å². The van der Waals surface area contributed by atoms with E-state index in [1.54, 1.807) is 6.07 Å². The van der Waals surface area contributed by atoms with E-state index >= 15 is 0 Å². The lowest BCUT2D eigenvalue weighted by molar-refractivity contribution is -0.129. The minimum atomic E-state index is -0.345. The van der Waals surface area contributed by atoms with Crippen LogP contribution in [0.25, 0.3) is 0 Å². The number of halogens is 1. The molecule has 2 aliphatic rings. The summed E-state index contributed by atoms with van der Waals surface area (Å²) < 4.78 is 19.1. The van der Waals surface area contributed by atoms with Crippen LogP contribution >= 0.6 is 0 Å². The maximum atomic E-state index is 13.4. The molecule has 2 aliphatic heterocycles. The van der Waals surface area contributed by atoms with Gasteiger partial charge in [0.05, 0.1) is 12.6 Å². The molecule has 6 nitrogen and oxygen atoms in total. The summed E-state index contributed by atoms with van der Waals surface area (Å²) in [7, 11) is 0. The highest BCUT2D eigenvalue weighted by atomic mass is 19.1. The van der Waals surface area contributed by atoms with E-state index in [1.807, 2.05) is 11.0 Å². The van der Waals surface area contributed by atoms with Gasteiger partial charge in [0, 0.05) is 32.8 Å². The van der Waals surface area contributed by atoms with E-state index in [1.165, 1.54) is 17.0 Å². The zero-order valence-corrected chi connectivity index (χ0v) is 13.5. The van der Waals surface area contributed by atoms with Crippen LogP contribution in [-0.4, -0.2) is 60.6 Å². The van der Waals surface area contributed by atoms with E-state index in [0.717, 1.165) is 25.0 Å². The van der Waals surface area contributed by atoms with Crippen molar-refractivity contribution in [2.75, 3.05) is 32.8 Å². The van der Waals surface area contributed by atoms with Gasteiger partial charge in [-0.05, 0) is 30.5 Å². The Hall–Kier alpha value is -1.99. The molecule has 0 saturated carbocycles. The number of hydrogen-bond acceptors (Lipinski definition) is 4. The predicted octanol–water partition coefficient (Wildman–Crippen LogP) is 1.36. The van der Waals surface area contributed by atoms with Crippen LogP contribution in [0.4, 0.5) is 9.18 Å². The second-order valence-electron chi connectivity index (χ2n) is 6.21. The molecule has 3 amide bonds. The first-order valence-corrected chi connectivity index (χ1v) is 8.28. The molecular weight excluding hydrogens is 313 g/mol. The summed E-state index contributed by atoms with van der Waals surface area (Å²) in [5.41, 5.74) is 0.798. The van der Waals surface area contributed by atoms with Crippen LogP contribution in [0, 0.1) is 5.82 Å². The highest BCUT2D eigenvalue weighted by molar-refractivity contribution is 5.96. The molecule has 0 spiro atoms. The van der Waals surface area contributed by atoms with Crippen molar-refractivity contribution in [2.24, 2.45) is 0 Å². The Balaban J connectivity index is 1.66. The van der Waals surface area contributed by atoms with Gasteiger partial charge < -0.3 is 10.1 Å². The Morgan fingerprint density at radius 1 is 1.46 bits per heavy atom. The van der Waals surface area contributed by atoms with Gasteiger partial charge in [-0.25, -0.2) is 9.18 Å². The first kappa shape index (κ1) is 16.9. The Kier molecular flexibility index (Phi) is 5.42. The van der Waals surface area contributed by atoms with E-state index in [9.17, 15) is 14.0 Å². The monoisotopic (exact) mass is 335 g/mol. The summed E-state index contributed by atoms with van der Waals surface area (Å²) in [5.74, 6) is -0.533. The van der Waals surface area contributed by atoms with Crippen molar-refractivity contribution in [3.63, 3.8) is 0 Å². The third kappa shape index (κ3) is 4.30. The molecule has 0 bridgehead atoms. The van der Waals surface area contributed by atoms with Crippen molar-refractivity contribution >= 4 is 11.9 Å². The minimum absolute atomic E-state index is 0.0822. The van der Waals surface area contributed by atoms with E-state index < -0.39 is 0 Å². The van der Waals surface area contributed by atoms with Gasteiger partial charge in [0.15, 0.2) is 0 Å². The Bertz CT molecular complexity index is 604. The first-order valence-electron chi connectivity index (χ1n) is 8.28. The molecule has 1 atom stereocenters. The Morgan fingerprint density at radius 3 is 3.00 bits per heavy atom. The molecule has 0 aromatic heterocycles. The number of nitrogens with one attached hydrogen (secondary N) is 1. The normalized spacial score (nSPS) is 20.7. The van der Waals surface area contributed by atoms with Gasteiger partial charge >= 0.3 is 6.03 Å². The Labute approximate surface area is 140 Å². The summed E-state index contributed by atoms with van der Waals surface area (Å²) in [4.78, 5) is 27.2. The molecule has 7 heteroatoms. The average Bonchev–Trinajstić information content (AvgIpc) is 3.18. The van der Waals surface area contributed by atoms with Crippen molar-refractivity contribution in [2.45, 2.75) is 25.5 Å². The van der Waals surface area contributed by atoms with Crippen LogP contribution in [0.15, 0.2) is 24.3 Å². The number of carbonyl (C=O) groups excluding carboxylic acids is 2. The minimum Gasteiger partial charge on any atom is -0.377 e. The maximum absolute atomic E-state index is 13.4. The lowest BCUT2D eigenvalue weighted by Crippen LogP contribution is -2.43. The third-order valence-corrected chi connectivity index (χ3v) is 4.30. The number of carbonyl (C=O) groups is 2. The maximum Gasteiger partial charge on any atom is 0.324 e. The Morgan fingerprint density at radius 2 is 2.33 bits per heavy atom. The third-order valence-electron chi connectivity index (χ3n) is 4.30. The molecule has 2 heterocycles. The van der Waals surface area contributed by atoms with Gasteiger partial charge in [0.2, 0.25) is 5.91 Å². The fourth-order valence-corrected chi connectivity index (χ4v) is 3.14. The summed E-state index contributed by atoms with van der Waals surface area (Å²) in [6.45, 7) is 2.77. The number of urea groups is 1. The second kappa shape index (κ2) is 7.72. The lowest BCUT2D eigenvalue weighted by Gasteiger charge is -2.26. The second-order valence-corrected chi connectivity index (χ2v) is 6.21. The quantitative estimate of drug-likeness (QED) is 0.853. The highest BCUT2D eigenvalue weighted by Crippen LogP contribution is 2.16. The van der Waals surface area contributed by atoms with Gasteiger partial charge in [-0.2, -0.15) is 0 Å². The van der Waals surface area contributed by atoms with E-state index in [-0.39, 0.29) is 30.4 Å². The highest BCUT2D eigenvalue weighted by Gasteiger charge is 2.28. The standard InChI is InChI=1S/C17H22FN3O3/c18-14-4-1-3-13(9-14)10-20(11-15-5-2-8-24-15)12-16(22)21-7-6-19-17(21)23/h1,3-4,9,15H,2,5-8,10-12H2,(H,19,23). The summed E-state index contributed by atoms with van der Waals surface area (Å²) in [6, 6.07) is 6.01. The topological polar surface area (TPSA) is 61.9 Å². The van der Waals surface area contributed by atoms with E-state index in [0.29, 0.717) is 26.2 Å². The zero-order valence-electron chi connectivity index (χ0n) is 13.5. The van der Waals surface area contributed by atoms with Gasteiger partial charge in [-0.1, -0.05) is 12.1 Å². The molecule has 1 aromatic rings. The summed E-state index contributed by atoms with van der Waals surface area (Å²) >= 11 is 0. The molecule has 24 heavy (non-hydrogen) atoms. The van der Waals surface area contributed by atoms with Crippen molar-refractivity contribution in [3.05, 3.63) is 35.6 Å². The fourth-order valence-electron chi connectivity index (χ4n) is 3.14. The predicted molar refractivity (Wildman–Crippen MR) is 85.8 cm³/mol. The molecule has 130 valence electrons. The van der Waals surface area contributed by atoms with Crippen LogP contribution in [0.3, 0.4) is 0 Å². The van der Waals surface area contributed by atoms with Gasteiger partial charge in [0.1, 0.15) is 5.82 Å².